The Balaban J connectivity index is 1.70. The van der Waals surface area contributed by atoms with Gasteiger partial charge in [0.25, 0.3) is 0 Å². The number of allylic oxidation sites excluding steroid dienone is 4. The number of Topliss-reactive ketones (excluding diaryl/α,β-unsaturated/α-hetero) is 4. The molecule has 5 unspecified atom stereocenters. The molecule has 0 saturated carbocycles. The summed E-state index contributed by atoms with van der Waals surface area (Å²) in [5.74, 6) is -2.02. The summed E-state index contributed by atoms with van der Waals surface area (Å²) in [6, 6.07) is -2.21. The Labute approximate surface area is 226 Å². The van der Waals surface area contributed by atoms with Gasteiger partial charge in [0.05, 0.1) is 32.3 Å². The zero-order valence-electron chi connectivity index (χ0n) is 23.1. The molecule has 11 heteroatoms. The molecule has 0 amide bonds. The van der Waals surface area contributed by atoms with Crippen LogP contribution in [0.25, 0.3) is 0 Å². The lowest BCUT2D eigenvalue weighted by molar-refractivity contribution is -0.145. The first-order valence-corrected chi connectivity index (χ1v) is 12.8. The van der Waals surface area contributed by atoms with Crippen LogP contribution in [0.5, 0.6) is 0 Å². The van der Waals surface area contributed by atoms with Crippen molar-refractivity contribution in [1.29, 1.82) is 0 Å². The molecule has 0 aromatic heterocycles. The molecular weight excluding hydrogens is 508 g/mol. The van der Waals surface area contributed by atoms with Crippen LogP contribution in [0.1, 0.15) is 27.2 Å². The molecular formula is C28H32N2O9. The number of ketones is 4. The highest BCUT2D eigenvalue weighted by atomic mass is 16.5. The van der Waals surface area contributed by atoms with E-state index in [9.17, 15) is 24.0 Å². The second kappa shape index (κ2) is 9.65. The van der Waals surface area contributed by atoms with E-state index in [0.29, 0.717) is 17.7 Å². The number of methoxy groups -OCH3 is 3. The molecule has 3 heterocycles. The zero-order chi connectivity index (χ0) is 28.5. The van der Waals surface area contributed by atoms with E-state index in [2.05, 4.69) is 0 Å². The van der Waals surface area contributed by atoms with Gasteiger partial charge in [0.2, 0.25) is 11.6 Å². The lowest BCUT2D eigenvalue weighted by Gasteiger charge is -2.59. The van der Waals surface area contributed by atoms with Gasteiger partial charge >= 0.3 is 5.97 Å². The first-order valence-electron chi connectivity index (χ1n) is 12.8. The van der Waals surface area contributed by atoms with E-state index >= 15 is 0 Å². The predicted molar refractivity (Wildman–Crippen MR) is 135 cm³/mol. The maximum Gasteiger partial charge on any atom is 0.302 e. The monoisotopic (exact) mass is 540 g/mol. The molecule has 5 aliphatic rings. The van der Waals surface area contributed by atoms with Gasteiger partial charge in [-0.1, -0.05) is 0 Å². The van der Waals surface area contributed by atoms with Crippen LogP contribution in [0, 0.1) is 0 Å². The van der Waals surface area contributed by atoms with E-state index < -0.39 is 41.8 Å². The second-order valence-corrected chi connectivity index (χ2v) is 10.5. The fraction of sp³-hybridized carbons (Fsp3) is 0.536. The summed E-state index contributed by atoms with van der Waals surface area (Å²) in [4.78, 5) is 70.5. The third-order valence-corrected chi connectivity index (χ3v) is 8.73. The first-order chi connectivity index (χ1) is 18.5. The molecule has 11 nitrogen and oxygen atoms in total. The Hall–Kier alpha value is -3.41. The van der Waals surface area contributed by atoms with E-state index in [1.165, 1.54) is 28.3 Å². The number of hydrogen-bond donors (Lipinski definition) is 0. The fourth-order valence-corrected chi connectivity index (χ4v) is 7.00. The third-order valence-electron chi connectivity index (χ3n) is 8.73. The highest BCUT2D eigenvalue weighted by Gasteiger charge is 2.59. The maximum atomic E-state index is 13.8. The Morgan fingerprint density at radius 2 is 1.44 bits per heavy atom. The molecule has 39 heavy (non-hydrogen) atoms. The Morgan fingerprint density at radius 3 is 2.00 bits per heavy atom. The van der Waals surface area contributed by atoms with E-state index in [-0.39, 0.29) is 64.4 Å². The summed E-state index contributed by atoms with van der Waals surface area (Å²) in [6.07, 6.45) is -0.565. The standard InChI is InChI=1S/C28H32N2O9/c1-11-22(32)14-8-15-21-19-20(23(33)12(2)27(37-6)25(19)35)28(38-7)16(29(21)4)9-30(15)17(10-39-13(3)31)18(14)24(34)26(11)36-5/h15-17,21,28H,8-10H2,1-7H3. The van der Waals surface area contributed by atoms with Crippen LogP contribution in [0.15, 0.2) is 45.0 Å². The van der Waals surface area contributed by atoms with Crippen LogP contribution in [0.3, 0.4) is 0 Å². The average molecular weight is 541 g/mol. The lowest BCUT2D eigenvalue weighted by atomic mass is 9.68. The molecule has 0 N–H and O–H groups in total. The van der Waals surface area contributed by atoms with Crippen molar-refractivity contribution < 1.29 is 42.9 Å². The summed E-state index contributed by atoms with van der Waals surface area (Å²) in [7, 11) is 6.06. The van der Waals surface area contributed by atoms with E-state index in [4.69, 9.17) is 18.9 Å². The maximum absolute atomic E-state index is 13.8. The van der Waals surface area contributed by atoms with Crippen LogP contribution in [-0.4, -0.2) is 111 Å². The molecule has 1 fully saturated rings. The van der Waals surface area contributed by atoms with E-state index in [1.807, 2.05) is 16.8 Å². The van der Waals surface area contributed by atoms with Crippen molar-refractivity contribution in [3.63, 3.8) is 0 Å². The molecule has 0 aromatic carbocycles. The van der Waals surface area contributed by atoms with Crippen molar-refractivity contribution in [2.24, 2.45) is 0 Å². The molecule has 2 bridgehead atoms. The predicted octanol–water partition coefficient (Wildman–Crippen LogP) is 0.441. The number of rotatable bonds is 5. The molecule has 5 rings (SSSR count). The average Bonchev–Trinajstić information content (AvgIpc) is 2.89. The van der Waals surface area contributed by atoms with Gasteiger partial charge in [-0.05, 0) is 27.3 Å². The highest BCUT2D eigenvalue weighted by Crippen LogP contribution is 2.47. The molecule has 0 aromatic rings. The Bertz CT molecular complexity index is 1350. The minimum Gasteiger partial charge on any atom is -0.492 e. The number of hydrogen-bond acceptors (Lipinski definition) is 11. The minimum atomic E-state index is -0.760. The van der Waals surface area contributed by atoms with Crippen LogP contribution in [-0.2, 0) is 42.9 Å². The van der Waals surface area contributed by atoms with Crippen LogP contribution < -0.4 is 0 Å². The number of carbonyl (C=O) groups is 5. The van der Waals surface area contributed by atoms with Gasteiger partial charge in [0.1, 0.15) is 12.7 Å². The normalized spacial score (nSPS) is 31.4. The molecule has 1 saturated heterocycles. The lowest BCUT2D eigenvalue weighted by Crippen LogP contribution is -2.73. The number of nitrogens with zero attached hydrogens (tertiary/aromatic N) is 2. The number of likely N-dealkylation sites (N-methyl/N-ethyl adjacent to an activating group) is 1. The van der Waals surface area contributed by atoms with E-state index in [1.54, 1.807) is 13.8 Å². The topological polar surface area (TPSA) is 129 Å². The first kappa shape index (κ1) is 27.2. The number of fused-ring (bicyclic) bond motifs is 5. The highest BCUT2D eigenvalue weighted by molar-refractivity contribution is 6.26. The van der Waals surface area contributed by atoms with Crippen LogP contribution >= 0.6 is 0 Å². The van der Waals surface area contributed by atoms with Gasteiger partial charge in [-0.2, -0.15) is 0 Å². The number of ether oxygens (including phenoxy) is 4. The summed E-state index contributed by atoms with van der Waals surface area (Å²) in [5.41, 5.74) is 1.57. The largest absolute Gasteiger partial charge is 0.492 e. The Morgan fingerprint density at radius 1 is 0.846 bits per heavy atom. The third kappa shape index (κ3) is 3.70. The van der Waals surface area contributed by atoms with Gasteiger partial charge < -0.3 is 18.9 Å². The smallest absolute Gasteiger partial charge is 0.302 e. The quantitative estimate of drug-likeness (QED) is 0.356. The number of piperazine rings is 1. The van der Waals surface area contributed by atoms with E-state index in [0.717, 1.165) is 0 Å². The number of carbonyl (C=O) groups excluding carboxylic acids is 5. The Kier molecular flexibility index (Phi) is 6.72. The van der Waals surface area contributed by atoms with Crippen molar-refractivity contribution >= 4 is 29.1 Å². The van der Waals surface area contributed by atoms with Gasteiger partial charge in [-0.3, -0.25) is 33.8 Å². The van der Waals surface area contributed by atoms with Crippen molar-refractivity contribution in [1.82, 2.24) is 9.80 Å². The van der Waals surface area contributed by atoms with Gasteiger partial charge in [0, 0.05) is 60.1 Å². The summed E-state index contributed by atoms with van der Waals surface area (Å²) < 4.78 is 21.9. The van der Waals surface area contributed by atoms with Crippen LogP contribution in [0.2, 0.25) is 0 Å². The molecule has 3 aliphatic heterocycles. The summed E-state index contributed by atoms with van der Waals surface area (Å²) >= 11 is 0. The number of esters is 1. The fourth-order valence-electron chi connectivity index (χ4n) is 7.00. The van der Waals surface area contributed by atoms with Gasteiger partial charge in [0.15, 0.2) is 23.1 Å². The zero-order valence-corrected chi connectivity index (χ0v) is 23.1. The van der Waals surface area contributed by atoms with Gasteiger partial charge in [-0.25, -0.2) is 0 Å². The molecule has 2 aliphatic carbocycles. The van der Waals surface area contributed by atoms with Gasteiger partial charge in [-0.15, -0.1) is 0 Å². The SMILES string of the molecule is COC1=C(C)C(=O)C2=C(C1=O)C1C3CC4=C(C(=O)C(OC)=C(C)C4=O)C(COC(C)=O)N3CC(C2OC)N1C. The molecule has 208 valence electrons. The van der Waals surface area contributed by atoms with Crippen molar-refractivity contribution in [2.45, 2.75) is 57.5 Å². The molecule has 0 spiro atoms. The van der Waals surface area contributed by atoms with Crippen molar-refractivity contribution in [3.05, 3.63) is 45.0 Å². The molecule has 5 atom stereocenters. The second-order valence-electron chi connectivity index (χ2n) is 10.5. The van der Waals surface area contributed by atoms with Crippen molar-refractivity contribution in [2.75, 3.05) is 41.5 Å². The summed E-state index contributed by atoms with van der Waals surface area (Å²) in [5, 5.41) is 0. The van der Waals surface area contributed by atoms with Crippen molar-refractivity contribution in [3.8, 4) is 0 Å². The molecule has 0 radical (unpaired) electrons. The summed E-state index contributed by atoms with van der Waals surface area (Å²) in [6.45, 7) is 4.56. The van der Waals surface area contributed by atoms with Crippen LogP contribution in [0.4, 0.5) is 0 Å². The minimum absolute atomic E-state index is 0.0165.